The van der Waals surface area contributed by atoms with Crippen molar-refractivity contribution in [2.75, 3.05) is 26.2 Å². The van der Waals surface area contributed by atoms with Gasteiger partial charge in [-0.15, -0.1) is 0 Å². The fourth-order valence-corrected chi connectivity index (χ4v) is 4.27. The van der Waals surface area contributed by atoms with Crippen molar-refractivity contribution in [2.24, 2.45) is 11.8 Å². The Balaban J connectivity index is 1.79. The zero-order chi connectivity index (χ0) is 25.4. The zero-order valence-electron chi connectivity index (χ0n) is 21.7. The van der Waals surface area contributed by atoms with Crippen LogP contribution < -0.4 is 4.74 Å². The number of para-hydroxylation sites is 1. The van der Waals surface area contributed by atoms with Crippen molar-refractivity contribution in [3.05, 3.63) is 65.9 Å². The summed E-state index contributed by atoms with van der Waals surface area (Å²) in [7, 11) is 0. The molecule has 0 aliphatic rings. The summed E-state index contributed by atoms with van der Waals surface area (Å²) in [5.74, 6) is 0.945. The second-order valence-electron chi connectivity index (χ2n) is 9.77. The van der Waals surface area contributed by atoms with Crippen LogP contribution in [0, 0.1) is 11.8 Å². The van der Waals surface area contributed by atoms with Gasteiger partial charge in [-0.25, -0.2) is 0 Å². The topological polar surface area (TPSA) is 65.6 Å². The van der Waals surface area contributed by atoms with E-state index in [2.05, 4.69) is 31.0 Å². The smallest absolute Gasteiger partial charge is 0.242 e. The van der Waals surface area contributed by atoms with Gasteiger partial charge in [0.15, 0.2) is 0 Å². The van der Waals surface area contributed by atoms with Crippen molar-refractivity contribution in [3.63, 3.8) is 0 Å². The Labute approximate surface area is 209 Å². The molecule has 3 rings (SSSR count). The summed E-state index contributed by atoms with van der Waals surface area (Å²) in [4.78, 5) is 33.3. The molecule has 1 N–H and O–H groups in total. The van der Waals surface area contributed by atoms with Crippen LogP contribution in [0.25, 0.3) is 10.9 Å². The summed E-state index contributed by atoms with van der Waals surface area (Å²) in [6.45, 7) is 12.2. The third kappa shape index (κ3) is 7.35. The van der Waals surface area contributed by atoms with Gasteiger partial charge in [-0.2, -0.15) is 0 Å². The second kappa shape index (κ2) is 12.4. The Kier molecular flexibility index (Phi) is 9.35. The normalized spacial score (nSPS) is 11.3. The summed E-state index contributed by atoms with van der Waals surface area (Å²) >= 11 is 0. The molecule has 6 heteroatoms. The van der Waals surface area contributed by atoms with E-state index in [0.717, 1.165) is 23.3 Å². The third-order valence-corrected chi connectivity index (χ3v) is 6.00. The lowest BCUT2D eigenvalue weighted by Gasteiger charge is -2.30. The first kappa shape index (κ1) is 26.3. The molecule has 0 radical (unpaired) electrons. The number of aromatic amines is 1. The number of amides is 2. The SMILES string of the molecule is CCOc1ccc(CN(CCc2c[nH]c3ccccc23)C(=O)CN(CC(C)C)C(=O)C(C)C)cc1. The Morgan fingerprint density at radius 1 is 0.971 bits per heavy atom. The first-order valence-corrected chi connectivity index (χ1v) is 12.6. The molecule has 0 saturated heterocycles. The Hall–Kier alpha value is -3.28. The fourth-order valence-electron chi connectivity index (χ4n) is 4.27. The molecular weight excluding hydrogens is 438 g/mol. The van der Waals surface area contributed by atoms with Crippen molar-refractivity contribution in [3.8, 4) is 5.75 Å². The summed E-state index contributed by atoms with van der Waals surface area (Å²) in [5.41, 5.74) is 3.31. The molecule has 1 aromatic heterocycles. The summed E-state index contributed by atoms with van der Waals surface area (Å²) in [5, 5.41) is 1.18. The van der Waals surface area contributed by atoms with Gasteiger partial charge >= 0.3 is 0 Å². The fraction of sp³-hybridized carbons (Fsp3) is 0.448. The lowest BCUT2D eigenvalue weighted by Crippen LogP contribution is -2.45. The Morgan fingerprint density at radius 3 is 2.34 bits per heavy atom. The van der Waals surface area contributed by atoms with Gasteiger partial charge in [0.25, 0.3) is 0 Å². The van der Waals surface area contributed by atoms with E-state index in [4.69, 9.17) is 4.74 Å². The molecule has 0 atom stereocenters. The maximum atomic E-state index is 13.6. The number of H-pyrrole nitrogens is 1. The van der Waals surface area contributed by atoms with E-state index in [1.807, 2.05) is 68.3 Å². The molecule has 188 valence electrons. The van der Waals surface area contributed by atoms with E-state index in [0.29, 0.717) is 26.2 Å². The largest absolute Gasteiger partial charge is 0.494 e. The molecule has 2 amide bonds. The molecule has 0 spiro atoms. The van der Waals surface area contributed by atoms with Gasteiger partial charge in [0, 0.05) is 42.7 Å². The van der Waals surface area contributed by atoms with E-state index in [-0.39, 0.29) is 30.2 Å². The number of aromatic nitrogens is 1. The molecule has 0 aliphatic carbocycles. The van der Waals surface area contributed by atoms with Gasteiger partial charge in [0.05, 0.1) is 13.2 Å². The third-order valence-electron chi connectivity index (χ3n) is 6.00. The molecule has 0 fully saturated rings. The van der Waals surface area contributed by atoms with E-state index in [1.165, 1.54) is 10.9 Å². The van der Waals surface area contributed by atoms with Crippen LogP contribution in [0.1, 0.15) is 45.7 Å². The minimum Gasteiger partial charge on any atom is -0.494 e. The van der Waals surface area contributed by atoms with Crippen molar-refractivity contribution >= 4 is 22.7 Å². The van der Waals surface area contributed by atoms with E-state index in [9.17, 15) is 9.59 Å². The highest BCUT2D eigenvalue weighted by Crippen LogP contribution is 2.20. The van der Waals surface area contributed by atoms with Crippen LogP contribution in [0.2, 0.25) is 0 Å². The Morgan fingerprint density at radius 2 is 1.69 bits per heavy atom. The quantitative estimate of drug-likeness (QED) is 0.386. The van der Waals surface area contributed by atoms with E-state index >= 15 is 0 Å². The van der Waals surface area contributed by atoms with Crippen LogP contribution in [0.15, 0.2) is 54.7 Å². The minimum atomic E-state index is -0.146. The van der Waals surface area contributed by atoms with E-state index in [1.54, 1.807) is 4.90 Å². The van der Waals surface area contributed by atoms with Crippen LogP contribution in [-0.2, 0) is 22.6 Å². The number of benzene rings is 2. The van der Waals surface area contributed by atoms with Crippen molar-refractivity contribution in [1.29, 1.82) is 0 Å². The van der Waals surface area contributed by atoms with Crippen LogP contribution in [0.3, 0.4) is 0 Å². The average molecular weight is 478 g/mol. The van der Waals surface area contributed by atoms with Gasteiger partial charge < -0.3 is 19.5 Å². The first-order valence-electron chi connectivity index (χ1n) is 12.6. The van der Waals surface area contributed by atoms with Gasteiger partial charge in [0.2, 0.25) is 11.8 Å². The number of rotatable bonds is 12. The number of ether oxygens (including phenoxy) is 1. The molecule has 0 aliphatic heterocycles. The molecule has 35 heavy (non-hydrogen) atoms. The van der Waals surface area contributed by atoms with Crippen molar-refractivity contribution < 1.29 is 14.3 Å². The monoisotopic (exact) mass is 477 g/mol. The molecule has 6 nitrogen and oxygen atoms in total. The summed E-state index contributed by atoms with van der Waals surface area (Å²) < 4.78 is 5.56. The molecule has 2 aromatic carbocycles. The van der Waals surface area contributed by atoms with Gasteiger partial charge in [-0.05, 0) is 48.6 Å². The number of nitrogens with zero attached hydrogens (tertiary/aromatic N) is 2. The van der Waals surface area contributed by atoms with Crippen LogP contribution >= 0.6 is 0 Å². The average Bonchev–Trinajstić information content (AvgIpc) is 3.24. The number of hydrogen-bond acceptors (Lipinski definition) is 3. The Bertz CT molecular complexity index is 1100. The standard InChI is InChI=1S/C29H39N3O3/c1-6-35-25-13-11-23(12-14-25)19-31(16-15-24-17-30-27-10-8-7-9-26(24)27)28(33)20-32(18-21(2)3)29(34)22(4)5/h7-14,17,21-22,30H,6,15-16,18-20H2,1-5H3. The lowest BCUT2D eigenvalue weighted by atomic mass is 10.1. The van der Waals surface area contributed by atoms with Crippen molar-refractivity contribution in [2.45, 2.75) is 47.6 Å². The van der Waals surface area contributed by atoms with Crippen molar-refractivity contribution in [1.82, 2.24) is 14.8 Å². The van der Waals surface area contributed by atoms with Gasteiger partial charge in [0.1, 0.15) is 5.75 Å². The predicted octanol–water partition coefficient (Wildman–Crippen LogP) is 5.28. The molecule has 0 saturated carbocycles. The van der Waals surface area contributed by atoms with Crippen LogP contribution in [0.4, 0.5) is 0 Å². The maximum Gasteiger partial charge on any atom is 0.242 e. The first-order chi connectivity index (χ1) is 16.8. The lowest BCUT2D eigenvalue weighted by molar-refractivity contribution is -0.143. The minimum absolute atomic E-state index is 0.0182. The number of nitrogens with one attached hydrogen (secondary N) is 1. The molecule has 1 heterocycles. The number of carbonyl (C=O) groups is 2. The molecular formula is C29H39N3O3. The van der Waals surface area contributed by atoms with Crippen LogP contribution in [0.5, 0.6) is 5.75 Å². The predicted molar refractivity (Wildman–Crippen MR) is 141 cm³/mol. The summed E-state index contributed by atoms with van der Waals surface area (Å²) in [6, 6.07) is 16.1. The summed E-state index contributed by atoms with van der Waals surface area (Å²) in [6.07, 6.45) is 2.76. The molecule has 0 unspecified atom stereocenters. The highest BCUT2D eigenvalue weighted by molar-refractivity contribution is 5.86. The highest BCUT2D eigenvalue weighted by Gasteiger charge is 2.24. The van der Waals surface area contributed by atoms with Crippen LogP contribution in [-0.4, -0.2) is 52.8 Å². The van der Waals surface area contributed by atoms with Gasteiger partial charge in [-0.3, -0.25) is 9.59 Å². The number of carbonyl (C=O) groups excluding carboxylic acids is 2. The zero-order valence-corrected chi connectivity index (χ0v) is 21.7. The molecule has 0 bridgehead atoms. The number of fused-ring (bicyclic) bond motifs is 1. The molecule has 3 aromatic rings. The van der Waals surface area contributed by atoms with E-state index < -0.39 is 0 Å². The highest BCUT2D eigenvalue weighted by atomic mass is 16.5. The second-order valence-corrected chi connectivity index (χ2v) is 9.77. The maximum absolute atomic E-state index is 13.6. The van der Waals surface area contributed by atoms with Gasteiger partial charge in [-0.1, -0.05) is 58.0 Å². The number of hydrogen-bond donors (Lipinski definition) is 1.